The molecule has 0 unspecified atom stereocenters. The van der Waals surface area contributed by atoms with Gasteiger partial charge in [-0.15, -0.1) is 10.2 Å². The van der Waals surface area contributed by atoms with Gasteiger partial charge in [0.2, 0.25) is 11.8 Å². The van der Waals surface area contributed by atoms with E-state index in [-0.39, 0.29) is 17.7 Å². The van der Waals surface area contributed by atoms with Crippen molar-refractivity contribution in [1.82, 2.24) is 19.7 Å². The van der Waals surface area contributed by atoms with Gasteiger partial charge in [0, 0.05) is 31.0 Å². The predicted molar refractivity (Wildman–Crippen MR) is 89.5 cm³/mol. The van der Waals surface area contributed by atoms with E-state index in [0.29, 0.717) is 43.6 Å². The second kappa shape index (κ2) is 6.38. The smallest absolute Gasteiger partial charge is 0.233 e. The Morgan fingerprint density at radius 1 is 1.08 bits per heavy atom. The second-order valence-electron chi connectivity index (χ2n) is 7.06. The van der Waals surface area contributed by atoms with E-state index in [0.717, 1.165) is 11.0 Å². The third-order valence-electron chi connectivity index (χ3n) is 5.12. The Morgan fingerprint density at radius 2 is 1.79 bits per heavy atom. The minimum Gasteiger partial charge on any atom is -0.369 e. The number of carbonyl (C=O) groups excluding carboxylic acids is 2. The highest BCUT2D eigenvalue weighted by atomic mass is 32.2. The average molecular weight is 349 g/mol. The summed E-state index contributed by atoms with van der Waals surface area (Å²) in [6.07, 6.45) is 6.16. The van der Waals surface area contributed by atoms with Crippen LogP contribution in [0.5, 0.6) is 0 Å². The fourth-order valence-electron chi connectivity index (χ4n) is 3.31. The van der Waals surface area contributed by atoms with Crippen molar-refractivity contribution in [1.29, 1.82) is 0 Å². The van der Waals surface area contributed by atoms with E-state index >= 15 is 0 Å². The molecule has 0 spiro atoms. The van der Waals surface area contributed by atoms with Crippen LogP contribution in [0.15, 0.2) is 5.16 Å². The molecular formula is C16H23N5O2S. The monoisotopic (exact) mass is 349 g/mol. The molecule has 1 saturated heterocycles. The van der Waals surface area contributed by atoms with E-state index in [1.54, 1.807) is 0 Å². The van der Waals surface area contributed by atoms with Crippen molar-refractivity contribution in [2.45, 2.75) is 55.6 Å². The van der Waals surface area contributed by atoms with Gasteiger partial charge in [0.05, 0.1) is 5.75 Å². The molecule has 2 aliphatic carbocycles. The third kappa shape index (κ3) is 3.29. The van der Waals surface area contributed by atoms with Gasteiger partial charge in [-0.3, -0.25) is 9.59 Å². The van der Waals surface area contributed by atoms with Gasteiger partial charge in [-0.05, 0) is 38.5 Å². The lowest BCUT2D eigenvalue weighted by Crippen LogP contribution is -2.42. The van der Waals surface area contributed by atoms with Crippen LogP contribution in [0.4, 0.5) is 0 Å². The number of carbonyl (C=O) groups is 2. The first-order chi connectivity index (χ1) is 11.6. The molecule has 1 aliphatic heterocycles. The van der Waals surface area contributed by atoms with E-state index in [2.05, 4.69) is 14.8 Å². The van der Waals surface area contributed by atoms with Crippen LogP contribution in [0.1, 0.15) is 56.3 Å². The van der Waals surface area contributed by atoms with Gasteiger partial charge in [0.15, 0.2) is 5.16 Å². The third-order valence-corrected chi connectivity index (χ3v) is 6.05. The number of primary amides is 1. The molecule has 3 aliphatic rings. The zero-order chi connectivity index (χ0) is 16.7. The lowest BCUT2D eigenvalue weighted by atomic mass is 9.96. The van der Waals surface area contributed by atoms with Crippen molar-refractivity contribution in [2.75, 3.05) is 18.8 Å². The molecule has 2 amide bonds. The average Bonchev–Trinajstić information content (AvgIpc) is 3.51. The SMILES string of the molecule is NC(=O)C1CCN(C(=O)CSc2nnc(C3CC3)n2C2CC2)CC1. The van der Waals surface area contributed by atoms with Crippen LogP contribution in [0.2, 0.25) is 0 Å². The maximum Gasteiger partial charge on any atom is 0.233 e. The van der Waals surface area contributed by atoms with E-state index in [1.807, 2.05) is 4.90 Å². The quantitative estimate of drug-likeness (QED) is 0.781. The molecule has 3 fully saturated rings. The Morgan fingerprint density at radius 3 is 2.38 bits per heavy atom. The zero-order valence-electron chi connectivity index (χ0n) is 13.7. The lowest BCUT2D eigenvalue weighted by Gasteiger charge is -2.30. The fourth-order valence-corrected chi connectivity index (χ4v) is 4.23. The number of nitrogens with two attached hydrogens (primary N) is 1. The molecule has 1 aromatic heterocycles. The molecule has 0 radical (unpaired) electrons. The van der Waals surface area contributed by atoms with Gasteiger partial charge in [0.25, 0.3) is 0 Å². The number of amides is 2. The van der Waals surface area contributed by atoms with Crippen molar-refractivity contribution >= 4 is 23.6 Å². The van der Waals surface area contributed by atoms with Gasteiger partial charge in [-0.2, -0.15) is 0 Å². The Bertz CT molecular complexity index is 645. The highest BCUT2D eigenvalue weighted by Crippen LogP contribution is 2.46. The van der Waals surface area contributed by atoms with Crippen LogP contribution in [0.3, 0.4) is 0 Å². The molecule has 0 bridgehead atoms. The summed E-state index contributed by atoms with van der Waals surface area (Å²) in [5.41, 5.74) is 5.34. The van der Waals surface area contributed by atoms with E-state index in [9.17, 15) is 9.59 Å². The van der Waals surface area contributed by atoms with Crippen LogP contribution in [0, 0.1) is 5.92 Å². The summed E-state index contributed by atoms with van der Waals surface area (Å²) in [6.45, 7) is 1.24. The van der Waals surface area contributed by atoms with Crippen LogP contribution < -0.4 is 5.73 Å². The maximum absolute atomic E-state index is 12.4. The van der Waals surface area contributed by atoms with Crippen LogP contribution in [-0.4, -0.2) is 50.3 Å². The molecular weight excluding hydrogens is 326 g/mol. The fraction of sp³-hybridized carbons (Fsp3) is 0.750. The van der Waals surface area contributed by atoms with Crippen molar-refractivity contribution in [2.24, 2.45) is 11.7 Å². The summed E-state index contributed by atoms with van der Waals surface area (Å²) >= 11 is 1.50. The first-order valence-corrected chi connectivity index (χ1v) is 9.76. The molecule has 4 rings (SSSR count). The first kappa shape index (κ1) is 15.9. The molecule has 1 aromatic rings. The van der Waals surface area contributed by atoms with Crippen LogP contribution in [-0.2, 0) is 9.59 Å². The van der Waals surface area contributed by atoms with Gasteiger partial charge >= 0.3 is 0 Å². The molecule has 2 N–H and O–H groups in total. The standard InChI is InChI=1S/C16H23N5O2S/c17-14(23)10-5-7-20(8-6-10)13(22)9-24-16-19-18-15(11-1-2-11)21(16)12-3-4-12/h10-12H,1-9H2,(H2,17,23). The molecule has 24 heavy (non-hydrogen) atoms. The number of thioether (sulfide) groups is 1. The van der Waals surface area contributed by atoms with Crippen molar-refractivity contribution < 1.29 is 9.59 Å². The zero-order valence-corrected chi connectivity index (χ0v) is 14.5. The van der Waals surface area contributed by atoms with Crippen molar-refractivity contribution in [3.8, 4) is 0 Å². The lowest BCUT2D eigenvalue weighted by molar-refractivity contribution is -0.132. The molecule has 2 heterocycles. The van der Waals surface area contributed by atoms with Gasteiger partial charge in [-0.1, -0.05) is 11.8 Å². The summed E-state index contributed by atoms with van der Waals surface area (Å²) in [6, 6.07) is 0.541. The number of piperidine rings is 1. The van der Waals surface area contributed by atoms with Gasteiger partial charge < -0.3 is 15.2 Å². The Balaban J connectivity index is 1.34. The van der Waals surface area contributed by atoms with Crippen molar-refractivity contribution in [3.05, 3.63) is 5.82 Å². The summed E-state index contributed by atoms with van der Waals surface area (Å²) in [7, 11) is 0. The Labute approximate surface area is 145 Å². The maximum atomic E-state index is 12.4. The number of aromatic nitrogens is 3. The normalized spacial score (nSPS) is 21.9. The van der Waals surface area contributed by atoms with Gasteiger partial charge in [-0.25, -0.2) is 0 Å². The Kier molecular flexibility index (Phi) is 4.24. The van der Waals surface area contributed by atoms with Crippen LogP contribution in [0.25, 0.3) is 0 Å². The van der Waals surface area contributed by atoms with Gasteiger partial charge in [0.1, 0.15) is 5.82 Å². The summed E-state index contributed by atoms with van der Waals surface area (Å²) < 4.78 is 2.27. The predicted octanol–water partition coefficient (Wildman–Crippen LogP) is 1.31. The van der Waals surface area contributed by atoms with Crippen molar-refractivity contribution in [3.63, 3.8) is 0 Å². The highest BCUT2D eigenvalue weighted by molar-refractivity contribution is 7.99. The highest BCUT2D eigenvalue weighted by Gasteiger charge is 2.36. The topological polar surface area (TPSA) is 94.1 Å². The number of hydrogen-bond donors (Lipinski definition) is 1. The first-order valence-electron chi connectivity index (χ1n) is 8.78. The molecule has 0 atom stereocenters. The largest absolute Gasteiger partial charge is 0.369 e. The molecule has 0 aromatic carbocycles. The molecule has 130 valence electrons. The molecule has 8 heteroatoms. The Hall–Kier alpha value is -1.57. The van der Waals surface area contributed by atoms with E-state index in [4.69, 9.17) is 5.73 Å². The number of rotatable bonds is 6. The van der Waals surface area contributed by atoms with E-state index in [1.165, 1.54) is 37.4 Å². The second-order valence-corrected chi connectivity index (χ2v) is 8.00. The van der Waals surface area contributed by atoms with Crippen LogP contribution >= 0.6 is 11.8 Å². The number of nitrogens with zero attached hydrogens (tertiary/aromatic N) is 4. The number of likely N-dealkylation sites (tertiary alicyclic amines) is 1. The number of hydrogen-bond acceptors (Lipinski definition) is 5. The molecule has 7 nitrogen and oxygen atoms in total. The molecule has 2 saturated carbocycles. The minimum atomic E-state index is -0.249. The minimum absolute atomic E-state index is 0.0826. The van der Waals surface area contributed by atoms with E-state index < -0.39 is 0 Å². The summed E-state index contributed by atoms with van der Waals surface area (Å²) in [5, 5.41) is 9.60. The summed E-state index contributed by atoms with van der Waals surface area (Å²) in [5.74, 6) is 1.87. The summed E-state index contributed by atoms with van der Waals surface area (Å²) in [4.78, 5) is 25.5.